The molecule has 1 heterocycles. The van der Waals surface area contributed by atoms with Gasteiger partial charge >= 0.3 is 0 Å². The first-order valence-electron chi connectivity index (χ1n) is 6.34. The second-order valence-electron chi connectivity index (χ2n) is 4.70. The minimum Gasteiger partial charge on any atom is -0.347 e. The number of Topliss-reactive ketones (excluding diaryl/α,β-unsaturated/α-hetero) is 3. The van der Waals surface area contributed by atoms with Gasteiger partial charge in [0.1, 0.15) is 0 Å². The Bertz CT molecular complexity index is 735. The highest BCUT2D eigenvalue weighted by atomic mass is 35.5. The first-order chi connectivity index (χ1) is 10.4. The van der Waals surface area contributed by atoms with Crippen LogP contribution in [0.1, 0.15) is 38.1 Å². The van der Waals surface area contributed by atoms with Gasteiger partial charge in [0.15, 0.2) is 5.78 Å². The summed E-state index contributed by atoms with van der Waals surface area (Å²) in [4.78, 5) is 35.8. The summed E-state index contributed by atoms with van der Waals surface area (Å²) in [5.41, 5.74) is 3.71. The molecule has 0 unspecified atom stereocenters. The second kappa shape index (κ2) is 6.55. The third kappa shape index (κ3) is 3.24. The highest BCUT2D eigenvalue weighted by molar-refractivity contribution is 6.49. The SMILES string of the molecule is CC(=O)c1cc(C(=O)C(=O)c2ccc(NOCl)cc2)cn1C. The topological polar surface area (TPSA) is 77.4 Å². The lowest BCUT2D eigenvalue weighted by molar-refractivity contribution is 0.0817. The van der Waals surface area contributed by atoms with Gasteiger partial charge in [0, 0.05) is 31.3 Å². The van der Waals surface area contributed by atoms with Crippen molar-refractivity contribution in [3.05, 3.63) is 53.3 Å². The van der Waals surface area contributed by atoms with Crippen molar-refractivity contribution >= 4 is 34.9 Å². The van der Waals surface area contributed by atoms with E-state index >= 15 is 0 Å². The van der Waals surface area contributed by atoms with Crippen LogP contribution in [0.3, 0.4) is 0 Å². The molecular weight excluding hydrogens is 308 g/mol. The maximum atomic E-state index is 12.2. The molecule has 0 saturated carbocycles. The molecule has 1 N–H and O–H groups in total. The summed E-state index contributed by atoms with van der Waals surface area (Å²) in [6, 6.07) is 7.48. The smallest absolute Gasteiger partial charge is 0.235 e. The number of rotatable bonds is 6. The Hall–Kier alpha value is -2.44. The molecule has 0 fully saturated rings. The molecule has 1 aromatic heterocycles. The van der Waals surface area contributed by atoms with E-state index in [0.29, 0.717) is 11.4 Å². The lowest BCUT2D eigenvalue weighted by atomic mass is 10.0. The Balaban J connectivity index is 2.23. The summed E-state index contributed by atoms with van der Waals surface area (Å²) in [7, 11) is 1.64. The van der Waals surface area contributed by atoms with Crippen LogP contribution in [0.25, 0.3) is 0 Å². The maximum absolute atomic E-state index is 12.2. The van der Waals surface area contributed by atoms with Gasteiger partial charge in [0.25, 0.3) is 0 Å². The van der Waals surface area contributed by atoms with E-state index in [1.165, 1.54) is 35.9 Å². The number of aryl methyl sites for hydroxylation is 1. The summed E-state index contributed by atoms with van der Waals surface area (Å²) < 4.78 is 5.74. The summed E-state index contributed by atoms with van der Waals surface area (Å²) in [5, 5.41) is 0. The van der Waals surface area contributed by atoms with Crippen LogP contribution in [0.5, 0.6) is 0 Å². The summed E-state index contributed by atoms with van der Waals surface area (Å²) >= 11 is 5.05. The van der Waals surface area contributed by atoms with Crippen molar-refractivity contribution in [3.63, 3.8) is 0 Å². The van der Waals surface area contributed by atoms with Crippen LogP contribution in [0.4, 0.5) is 5.69 Å². The average Bonchev–Trinajstić information content (AvgIpc) is 2.89. The van der Waals surface area contributed by atoms with Crippen molar-refractivity contribution in [1.82, 2.24) is 4.57 Å². The van der Waals surface area contributed by atoms with Crippen LogP contribution in [0.2, 0.25) is 0 Å². The molecule has 0 amide bonds. The minimum atomic E-state index is -0.669. The molecule has 0 aliphatic rings. The van der Waals surface area contributed by atoms with Crippen molar-refractivity contribution < 1.29 is 18.8 Å². The van der Waals surface area contributed by atoms with E-state index in [1.807, 2.05) is 0 Å². The fourth-order valence-electron chi connectivity index (χ4n) is 2.04. The van der Waals surface area contributed by atoms with E-state index in [0.717, 1.165) is 0 Å². The molecule has 0 radical (unpaired) electrons. The van der Waals surface area contributed by atoms with Gasteiger partial charge in [-0.1, -0.05) is 0 Å². The zero-order valence-electron chi connectivity index (χ0n) is 11.9. The third-order valence-corrected chi connectivity index (χ3v) is 3.21. The standard InChI is InChI=1S/C15H13ClN2O4/c1-9(19)13-7-11(8-18(13)2)15(21)14(20)10-3-5-12(6-4-10)17-22-16/h3-8,17H,1-2H3. The molecule has 7 heteroatoms. The number of halogens is 1. The van der Waals surface area contributed by atoms with E-state index in [9.17, 15) is 14.4 Å². The number of carbonyl (C=O) groups is 3. The molecule has 22 heavy (non-hydrogen) atoms. The zero-order valence-corrected chi connectivity index (χ0v) is 12.7. The number of ketones is 3. The molecule has 2 aromatic rings. The third-order valence-electron chi connectivity index (χ3n) is 3.14. The van der Waals surface area contributed by atoms with Gasteiger partial charge in [0.05, 0.1) is 23.2 Å². The summed E-state index contributed by atoms with van der Waals surface area (Å²) in [5.74, 6) is -1.50. The predicted molar refractivity (Wildman–Crippen MR) is 81.1 cm³/mol. The van der Waals surface area contributed by atoms with E-state index < -0.39 is 11.6 Å². The molecule has 0 aliphatic heterocycles. The van der Waals surface area contributed by atoms with E-state index in [1.54, 1.807) is 19.2 Å². The van der Waals surface area contributed by atoms with Gasteiger partial charge in [-0.2, -0.15) is 4.39 Å². The summed E-state index contributed by atoms with van der Waals surface area (Å²) in [6.45, 7) is 1.40. The van der Waals surface area contributed by atoms with E-state index in [2.05, 4.69) is 9.87 Å². The van der Waals surface area contributed by atoms with Crippen LogP contribution in [0.15, 0.2) is 36.5 Å². The van der Waals surface area contributed by atoms with Crippen molar-refractivity contribution in [2.75, 3.05) is 5.48 Å². The normalized spacial score (nSPS) is 10.3. The van der Waals surface area contributed by atoms with Crippen LogP contribution in [0, 0.1) is 0 Å². The number of carbonyl (C=O) groups excluding carboxylic acids is 3. The molecule has 1 aromatic carbocycles. The molecule has 0 atom stereocenters. The first-order valence-corrected chi connectivity index (χ1v) is 6.65. The van der Waals surface area contributed by atoms with Crippen molar-refractivity contribution in [2.45, 2.75) is 6.92 Å². The van der Waals surface area contributed by atoms with Crippen LogP contribution >= 0.6 is 11.9 Å². The average molecular weight is 321 g/mol. The largest absolute Gasteiger partial charge is 0.347 e. The predicted octanol–water partition coefficient (Wildman–Crippen LogP) is 2.79. The number of hydrogen-bond donors (Lipinski definition) is 1. The number of nitrogens with one attached hydrogen (secondary N) is 1. The van der Waals surface area contributed by atoms with Crippen LogP contribution in [-0.4, -0.2) is 21.9 Å². The molecule has 114 valence electrons. The fraction of sp³-hybridized carbons (Fsp3) is 0.133. The molecule has 0 saturated heterocycles. The second-order valence-corrected chi connectivity index (χ2v) is 4.85. The fourth-order valence-corrected chi connectivity index (χ4v) is 2.12. The lowest BCUT2D eigenvalue weighted by Gasteiger charge is -2.02. The number of aromatic nitrogens is 1. The van der Waals surface area contributed by atoms with Gasteiger partial charge in [0.2, 0.25) is 11.6 Å². The minimum absolute atomic E-state index is 0.175. The quantitative estimate of drug-likeness (QED) is 0.503. The molecule has 6 nitrogen and oxygen atoms in total. The van der Waals surface area contributed by atoms with Crippen LogP contribution < -0.4 is 5.48 Å². The van der Waals surface area contributed by atoms with Gasteiger partial charge in [-0.3, -0.25) is 14.4 Å². The van der Waals surface area contributed by atoms with E-state index in [-0.39, 0.29) is 16.9 Å². The molecular formula is C15H13ClN2O4. The molecule has 0 bridgehead atoms. The van der Waals surface area contributed by atoms with Crippen molar-refractivity contribution in [2.24, 2.45) is 7.05 Å². The van der Waals surface area contributed by atoms with E-state index in [4.69, 9.17) is 11.9 Å². The lowest BCUT2D eigenvalue weighted by Crippen LogP contribution is -2.13. The van der Waals surface area contributed by atoms with Gasteiger partial charge in [-0.05, 0) is 30.3 Å². The Kier molecular flexibility index (Phi) is 4.75. The van der Waals surface area contributed by atoms with Gasteiger partial charge < -0.3 is 4.57 Å². The van der Waals surface area contributed by atoms with Crippen molar-refractivity contribution in [3.8, 4) is 0 Å². The number of hydrogen-bond acceptors (Lipinski definition) is 5. The first kappa shape index (κ1) is 15.9. The highest BCUT2D eigenvalue weighted by Gasteiger charge is 2.21. The Labute approximate surface area is 131 Å². The molecule has 2 rings (SSSR count). The number of benzene rings is 1. The molecule has 0 aliphatic carbocycles. The highest BCUT2D eigenvalue weighted by Crippen LogP contribution is 2.15. The Morgan fingerprint density at radius 1 is 1.09 bits per heavy atom. The van der Waals surface area contributed by atoms with Gasteiger partial charge in [-0.15, -0.1) is 0 Å². The molecule has 0 spiro atoms. The summed E-state index contributed by atoms with van der Waals surface area (Å²) in [6.07, 6.45) is 1.47. The maximum Gasteiger partial charge on any atom is 0.235 e. The van der Waals surface area contributed by atoms with Gasteiger partial charge in [-0.25, -0.2) is 5.48 Å². The van der Waals surface area contributed by atoms with Crippen molar-refractivity contribution in [1.29, 1.82) is 0 Å². The number of anilines is 1. The zero-order chi connectivity index (χ0) is 16.3. The Morgan fingerprint density at radius 2 is 1.68 bits per heavy atom. The monoisotopic (exact) mass is 320 g/mol. The Morgan fingerprint density at radius 3 is 2.18 bits per heavy atom. The number of nitrogens with zero attached hydrogens (tertiary/aromatic N) is 1. The van der Waals surface area contributed by atoms with Crippen LogP contribution in [-0.2, 0) is 11.4 Å².